The van der Waals surface area contributed by atoms with Crippen molar-refractivity contribution in [3.8, 4) is 0 Å². The first-order valence-electron chi connectivity index (χ1n) is 22.6. The van der Waals surface area contributed by atoms with Crippen LogP contribution in [0.4, 0.5) is 0 Å². The molecule has 3 saturated carbocycles. The van der Waals surface area contributed by atoms with Crippen molar-refractivity contribution < 1.29 is 31.9 Å². The summed E-state index contributed by atoms with van der Waals surface area (Å²) in [5.74, 6) is -1.20. The van der Waals surface area contributed by atoms with Gasteiger partial charge in [-0.1, -0.05) is 97.9 Å². The predicted molar refractivity (Wildman–Crippen MR) is 248 cm³/mol. The fourth-order valence-electron chi connectivity index (χ4n) is 10.6. The van der Waals surface area contributed by atoms with Gasteiger partial charge < -0.3 is 23.4 Å². The Bertz CT molecular complexity index is 1830. The van der Waals surface area contributed by atoms with Gasteiger partial charge in [0.1, 0.15) is 0 Å². The summed E-state index contributed by atoms with van der Waals surface area (Å²) < 4.78 is 56.2. The van der Waals surface area contributed by atoms with E-state index in [9.17, 15) is 13.5 Å². The van der Waals surface area contributed by atoms with Crippen molar-refractivity contribution in [2.75, 3.05) is 6.61 Å². The minimum absolute atomic E-state index is 0.0741. The number of benzene rings is 1. The summed E-state index contributed by atoms with van der Waals surface area (Å²) in [5, 5.41) is 11.7. The first kappa shape index (κ1) is 48.7. The van der Waals surface area contributed by atoms with Crippen LogP contribution in [-0.2, 0) is 28.2 Å². The molecule has 0 aromatic heterocycles. The molecule has 7 nitrogen and oxygen atoms in total. The molecule has 1 heterocycles. The van der Waals surface area contributed by atoms with Crippen LogP contribution >= 0.6 is 0 Å². The van der Waals surface area contributed by atoms with Crippen LogP contribution in [0.5, 0.6) is 0 Å². The van der Waals surface area contributed by atoms with Gasteiger partial charge in [0.15, 0.2) is 32.3 Å². The van der Waals surface area contributed by atoms with Gasteiger partial charge >= 0.3 is 0 Å². The molecule has 3 aliphatic carbocycles. The zero-order chi connectivity index (χ0) is 44.4. The fourth-order valence-corrected chi connectivity index (χ4v) is 15.5. The van der Waals surface area contributed by atoms with E-state index in [4.69, 9.17) is 24.9 Å². The van der Waals surface area contributed by atoms with E-state index in [-0.39, 0.29) is 51.0 Å². The minimum atomic E-state index is -3.97. The number of hydrogen-bond donors (Lipinski definition) is 1. The van der Waals surface area contributed by atoms with Gasteiger partial charge in [-0.15, -0.1) is 0 Å². The lowest BCUT2D eigenvalue weighted by Gasteiger charge is -2.51. The van der Waals surface area contributed by atoms with Gasteiger partial charge in [-0.05, 0) is 149 Å². The maximum atomic E-state index is 14.7. The molecule has 1 aromatic carbocycles. The highest BCUT2D eigenvalue weighted by Gasteiger charge is 2.57. The third-order valence-corrected chi connectivity index (χ3v) is 27.4. The standard InChI is InChI=1S/C49H82O7SSi2/c1-33-36(30-37(54-58(14,15)45(3,4)5)31-42(33)55-59(16,17)46(6,7)8)26-25-35-22-21-29-49(13)39(27-28-40(35)49)34(2)43(50)44(57(51,52)38-23-19-18-20-24-38)41-32-53-48(11,12)56-47(41,9)10/h18-20,23-26,34,37,39-44,50H,1,21-22,27-32H2,2-17H3/b35-25+,36-26+/t34-,37+,39+,40-,41-,42-,43?,44?,49+/m0/s1. The van der Waals surface area contributed by atoms with E-state index in [0.29, 0.717) is 5.92 Å². The zero-order valence-corrected chi connectivity index (χ0v) is 42.6. The topological polar surface area (TPSA) is 91.3 Å². The quantitative estimate of drug-likeness (QED) is 0.221. The Morgan fingerprint density at radius 3 is 2.07 bits per heavy atom. The number of ether oxygens (including phenoxy) is 2. The van der Waals surface area contributed by atoms with Crippen LogP contribution in [0.2, 0.25) is 36.3 Å². The summed E-state index contributed by atoms with van der Waals surface area (Å²) in [5.41, 5.74) is 2.86. The number of allylic oxidation sites excluding steroid dienone is 3. The maximum absolute atomic E-state index is 14.7. The third kappa shape index (κ3) is 10.1. The molecule has 0 spiro atoms. The second-order valence-corrected chi connectivity index (χ2v) is 34.7. The molecule has 59 heavy (non-hydrogen) atoms. The molecule has 0 radical (unpaired) electrons. The molecule has 4 aliphatic rings. The summed E-state index contributed by atoms with van der Waals surface area (Å²) in [7, 11) is -8.09. The Morgan fingerprint density at radius 1 is 0.898 bits per heavy atom. The number of hydrogen-bond acceptors (Lipinski definition) is 7. The SMILES string of the molecule is C=C1/C(=C/C=C2\CCC[C@]3(C)[C@@H]([C@H](C)C(O)C([C@@H]4COC(C)(C)OC4(C)C)S(=O)(=O)c4ccccc4)CC[C@@H]23)C[C@@H](O[Si](C)(C)C(C)(C)C)C[C@@H]1O[Si](C)(C)C(C)(C)C. The summed E-state index contributed by atoms with van der Waals surface area (Å²) in [6.07, 6.45) is 10.4. The lowest BCUT2D eigenvalue weighted by molar-refractivity contribution is -0.324. The molecule has 2 unspecified atom stereocenters. The van der Waals surface area contributed by atoms with E-state index in [0.717, 1.165) is 50.5 Å². The summed E-state index contributed by atoms with van der Waals surface area (Å²) in [6.45, 7) is 40.2. The fraction of sp³-hybridized carbons (Fsp3) is 0.755. The van der Waals surface area contributed by atoms with Crippen LogP contribution in [0.25, 0.3) is 0 Å². The minimum Gasteiger partial charge on any atom is -0.413 e. The molecular weight excluding hydrogens is 789 g/mol. The smallest absolute Gasteiger partial charge is 0.192 e. The Labute approximate surface area is 362 Å². The van der Waals surface area contributed by atoms with E-state index in [1.807, 2.05) is 33.8 Å². The van der Waals surface area contributed by atoms with E-state index in [2.05, 4.69) is 93.7 Å². The van der Waals surface area contributed by atoms with Crippen molar-refractivity contribution in [3.05, 3.63) is 65.8 Å². The van der Waals surface area contributed by atoms with E-state index in [1.54, 1.807) is 24.3 Å². The average Bonchev–Trinajstić information content (AvgIpc) is 3.45. The zero-order valence-electron chi connectivity index (χ0n) is 39.8. The number of aliphatic hydroxyl groups is 1. The van der Waals surface area contributed by atoms with Crippen LogP contribution < -0.4 is 0 Å². The third-order valence-electron chi connectivity index (χ3n) is 16.1. The molecule has 1 aliphatic heterocycles. The molecule has 10 heteroatoms. The predicted octanol–water partition coefficient (Wildman–Crippen LogP) is 12.2. The molecule has 5 rings (SSSR count). The second kappa shape index (κ2) is 17.0. The molecule has 1 aromatic rings. The lowest BCUT2D eigenvalue weighted by atomic mass is 9.60. The van der Waals surface area contributed by atoms with Gasteiger partial charge in [0.2, 0.25) is 0 Å². The summed E-state index contributed by atoms with van der Waals surface area (Å²) >= 11 is 0. The van der Waals surface area contributed by atoms with Gasteiger partial charge in [-0.2, -0.15) is 0 Å². The van der Waals surface area contributed by atoms with E-state index >= 15 is 0 Å². The van der Waals surface area contributed by atoms with Gasteiger partial charge in [0.25, 0.3) is 0 Å². The highest BCUT2D eigenvalue weighted by atomic mass is 32.2. The van der Waals surface area contributed by atoms with Crippen molar-refractivity contribution in [1.29, 1.82) is 0 Å². The van der Waals surface area contributed by atoms with Crippen molar-refractivity contribution in [1.82, 2.24) is 0 Å². The normalized spacial score (nSPS) is 32.5. The van der Waals surface area contributed by atoms with Crippen LogP contribution in [0, 0.1) is 29.1 Å². The number of fused-ring (bicyclic) bond motifs is 1. The first-order valence-corrected chi connectivity index (χ1v) is 30.0. The Kier molecular flexibility index (Phi) is 14.0. The largest absolute Gasteiger partial charge is 0.413 e. The van der Waals surface area contributed by atoms with Gasteiger partial charge in [0, 0.05) is 12.3 Å². The van der Waals surface area contributed by atoms with Crippen molar-refractivity contribution in [3.63, 3.8) is 0 Å². The molecule has 334 valence electrons. The van der Waals surface area contributed by atoms with Crippen molar-refractivity contribution in [2.24, 2.45) is 29.1 Å². The summed E-state index contributed by atoms with van der Waals surface area (Å²) in [6, 6.07) is 8.61. The molecule has 1 saturated heterocycles. The maximum Gasteiger partial charge on any atom is 0.192 e. The number of aliphatic hydroxyl groups excluding tert-OH is 1. The van der Waals surface area contributed by atoms with Crippen molar-refractivity contribution in [2.45, 2.75) is 204 Å². The average molecular weight is 871 g/mol. The number of rotatable bonds is 11. The Morgan fingerprint density at radius 2 is 1.49 bits per heavy atom. The Balaban J connectivity index is 1.46. The van der Waals surface area contributed by atoms with Gasteiger partial charge in [-0.3, -0.25) is 0 Å². The van der Waals surface area contributed by atoms with Crippen LogP contribution in [0.15, 0.2) is 70.7 Å². The molecule has 0 amide bonds. The second-order valence-electron chi connectivity index (χ2n) is 23.1. The van der Waals surface area contributed by atoms with Crippen LogP contribution in [-0.4, -0.2) is 71.7 Å². The highest BCUT2D eigenvalue weighted by Crippen LogP contribution is 2.60. The first-order chi connectivity index (χ1) is 26.8. The Hall–Kier alpha value is -1.38. The van der Waals surface area contributed by atoms with Crippen LogP contribution in [0.1, 0.15) is 128 Å². The summed E-state index contributed by atoms with van der Waals surface area (Å²) in [4.78, 5) is 0.224. The lowest BCUT2D eigenvalue weighted by Crippen LogP contribution is -2.60. The molecule has 4 fully saturated rings. The highest BCUT2D eigenvalue weighted by molar-refractivity contribution is 7.92. The van der Waals surface area contributed by atoms with Gasteiger partial charge in [-0.25, -0.2) is 8.42 Å². The van der Waals surface area contributed by atoms with Crippen LogP contribution in [0.3, 0.4) is 0 Å². The van der Waals surface area contributed by atoms with E-state index in [1.165, 1.54) is 11.1 Å². The molecule has 1 N–H and O–H groups in total. The van der Waals surface area contributed by atoms with Gasteiger partial charge in [0.05, 0.1) is 40.7 Å². The molecule has 0 bridgehead atoms. The number of sulfone groups is 1. The van der Waals surface area contributed by atoms with E-state index < -0.39 is 55.1 Å². The molecule has 9 atom stereocenters. The molecular formula is C49H82O7SSi2. The van der Waals surface area contributed by atoms with Crippen molar-refractivity contribution >= 4 is 26.5 Å². The monoisotopic (exact) mass is 871 g/mol.